The lowest BCUT2D eigenvalue weighted by molar-refractivity contribution is -0.137. The van der Waals surface area contributed by atoms with Crippen LogP contribution in [0, 0.1) is 5.92 Å². The van der Waals surface area contributed by atoms with E-state index < -0.39 is 17.6 Å². The van der Waals surface area contributed by atoms with Gasteiger partial charge in [-0.1, -0.05) is 44.9 Å². The Labute approximate surface area is 174 Å². The second-order valence-corrected chi connectivity index (χ2v) is 7.65. The van der Waals surface area contributed by atoms with E-state index in [4.69, 9.17) is 17.0 Å². The summed E-state index contributed by atoms with van der Waals surface area (Å²) in [4.78, 5) is 11.7. The molecule has 9 heteroatoms. The summed E-state index contributed by atoms with van der Waals surface area (Å²) in [6.45, 7) is 0.388. The molecule has 1 fully saturated rings. The Morgan fingerprint density at radius 3 is 2.41 bits per heavy atom. The number of rotatable bonds is 8. The van der Waals surface area contributed by atoms with Crippen molar-refractivity contribution in [1.82, 2.24) is 16.2 Å². The van der Waals surface area contributed by atoms with Crippen molar-refractivity contribution in [3.05, 3.63) is 29.8 Å². The van der Waals surface area contributed by atoms with E-state index in [9.17, 15) is 18.0 Å². The summed E-state index contributed by atoms with van der Waals surface area (Å²) in [7, 11) is 0. The summed E-state index contributed by atoms with van der Waals surface area (Å²) in [6.07, 6.45) is 5.84. The molecule has 0 aromatic heterocycles. The highest BCUT2D eigenvalue weighted by Gasteiger charge is 2.30. The fourth-order valence-corrected chi connectivity index (χ4v) is 3.48. The Bertz CT molecular complexity index is 647. The fraction of sp³-hybridized carbons (Fsp3) is 0.600. The third kappa shape index (κ3) is 9.34. The van der Waals surface area contributed by atoms with Crippen molar-refractivity contribution in [2.45, 2.75) is 57.5 Å². The second kappa shape index (κ2) is 11.8. The number of hydrogen-bond donors (Lipinski definition) is 3. The zero-order valence-corrected chi connectivity index (χ0v) is 17.1. The van der Waals surface area contributed by atoms with Crippen LogP contribution in [0.1, 0.15) is 56.9 Å². The van der Waals surface area contributed by atoms with E-state index in [1.807, 2.05) is 0 Å². The van der Waals surface area contributed by atoms with Crippen LogP contribution in [0.3, 0.4) is 0 Å². The van der Waals surface area contributed by atoms with Crippen molar-refractivity contribution in [3.63, 3.8) is 0 Å². The van der Waals surface area contributed by atoms with Crippen LogP contribution in [0.15, 0.2) is 24.3 Å². The number of carbonyl (C=O) groups excluding carboxylic acids is 1. The largest absolute Gasteiger partial charge is 0.484 e. The molecule has 1 aliphatic rings. The molecule has 29 heavy (non-hydrogen) atoms. The topological polar surface area (TPSA) is 62.4 Å². The van der Waals surface area contributed by atoms with Gasteiger partial charge >= 0.3 is 6.18 Å². The number of amides is 1. The monoisotopic (exact) mass is 431 g/mol. The molecule has 3 N–H and O–H groups in total. The van der Waals surface area contributed by atoms with E-state index in [2.05, 4.69) is 16.2 Å². The van der Waals surface area contributed by atoms with Gasteiger partial charge in [0.05, 0.1) is 5.56 Å². The van der Waals surface area contributed by atoms with Crippen molar-refractivity contribution >= 4 is 23.2 Å². The van der Waals surface area contributed by atoms with Crippen LogP contribution in [0.5, 0.6) is 5.75 Å². The highest BCUT2D eigenvalue weighted by Crippen LogP contribution is 2.30. The number of carbonyl (C=O) groups is 1. The minimum absolute atomic E-state index is 0.173. The molecule has 162 valence electrons. The van der Waals surface area contributed by atoms with E-state index in [1.54, 1.807) is 0 Å². The molecule has 0 atom stereocenters. The number of alkyl halides is 3. The predicted octanol–water partition coefficient (Wildman–Crippen LogP) is 4.33. The molecular formula is C20H28F3N3O2S. The number of halogens is 3. The number of ether oxygens (including phenoxy) is 1. The van der Waals surface area contributed by atoms with Gasteiger partial charge in [-0.2, -0.15) is 13.2 Å². The number of thiocarbonyl (C=S) groups is 1. The van der Waals surface area contributed by atoms with Crippen LogP contribution < -0.4 is 20.9 Å². The third-order valence-electron chi connectivity index (χ3n) is 4.92. The SMILES string of the molecule is O=C(COc1ccc(C(F)(F)F)cc1)NNC(=S)NCCCCC1CCCCC1. The highest BCUT2D eigenvalue weighted by atomic mass is 32.1. The first-order chi connectivity index (χ1) is 13.8. The molecule has 1 amide bonds. The van der Waals surface area contributed by atoms with Gasteiger partial charge in [-0.05, 0) is 48.8 Å². The Kier molecular flexibility index (Phi) is 9.50. The molecule has 0 aliphatic heterocycles. The fourth-order valence-electron chi connectivity index (χ4n) is 3.33. The zero-order chi connectivity index (χ0) is 21.1. The van der Waals surface area contributed by atoms with Crippen LogP contribution in [-0.2, 0) is 11.0 Å². The average Bonchev–Trinajstić information content (AvgIpc) is 2.71. The van der Waals surface area contributed by atoms with Gasteiger partial charge in [0.2, 0.25) is 0 Å². The number of hydrazine groups is 1. The number of nitrogens with one attached hydrogen (secondary N) is 3. The minimum Gasteiger partial charge on any atom is -0.484 e. The first-order valence-corrected chi connectivity index (χ1v) is 10.4. The summed E-state index contributed by atoms with van der Waals surface area (Å²) in [5.41, 5.74) is 4.19. The van der Waals surface area contributed by atoms with Crippen LogP contribution in [0.2, 0.25) is 0 Å². The maximum atomic E-state index is 12.5. The molecule has 5 nitrogen and oxygen atoms in total. The maximum absolute atomic E-state index is 12.5. The van der Waals surface area contributed by atoms with Crippen LogP contribution >= 0.6 is 12.2 Å². The van der Waals surface area contributed by atoms with E-state index >= 15 is 0 Å². The normalized spacial score (nSPS) is 14.9. The highest BCUT2D eigenvalue weighted by molar-refractivity contribution is 7.80. The molecule has 0 bridgehead atoms. The Morgan fingerprint density at radius 2 is 1.76 bits per heavy atom. The van der Waals surface area contributed by atoms with Crippen molar-refractivity contribution in [1.29, 1.82) is 0 Å². The summed E-state index contributed by atoms with van der Waals surface area (Å²) in [6, 6.07) is 4.14. The Hall–Kier alpha value is -2.03. The van der Waals surface area contributed by atoms with Crippen molar-refractivity contribution < 1.29 is 22.7 Å². The standard InChI is InChI=1S/C20H28F3N3O2S/c21-20(22,23)16-9-11-17(12-10-16)28-14-18(27)25-26-19(29)24-13-5-4-8-15-6-2-1-3-7-15/h9-12,15H,1-8,13-14H2,(H,25,27)(H2,24,26,29). The van der Waals surface area contributed by atoms with E-state index in [0.29, 0.717) is 5.11 Å². The van der Waals surface area contributed by atoms with Crippen molar-refractivity contribution in [2.75, 3.05) is 13.2 Å². The molecular weight excluding hydrogens is 403 g/mol. The molecule has 1 aromatic carbocycles. The van der Waals surface area contributed by atoms with E-state index in [1.165, 1.54) is 50.7 Å². The van der Waals surface area contributed by atoms with Crippen LogP contribution in [0.25, 0.3) is 0 Å². The van der Waals surface area contributed by atoms with Crippen LogP contribution in [0.4, 0.5) is 13.2 Å². The van der Waals surface area contributed by atoms with Gasteiger partial charge < -0.3 is 10.1 Å². The second-order valence-electron chi connectivity index (χ2n) is 7.24. The number of benzene rings is 1. The molecule has 1 aliphatic carbocycles. The lowest BCUT2D eigenvalue weighted by Gasteiger charge is -2.21. The van der Waals surface area contributed by atoms with Crippen molar-refractivity contribution in [2.24, 2.45) is 5.92 Å². The van der Waals surface area contributed by atoms with Crippen LogP contribution in [-0.4, -0.2) is 24.2 Å². The van der Waals surface area contributed by atoms with E-state index in [-0.39, 0.29) is 12.4 Å². The maximum Gasteiger partial charge on any atom is 0.416 e. The molecule has 0 spiro atoms. The van der Waals surface area contributed by atoms with Gasteiger partial charge in [0.25, 0.3) is 5.91 Å². The number of hydrogen-bond acceptors (Lipinski definition) is 3. The molecule has 0 radical (unpaired) electrons. The first-order valence-electron chi connectivity index (χ1n) is 9.97. The smallest absolute Gasteiger partial charge is 0.416 e. The molecule has 2 rings (SSSR count). The van der Waals surface area contributed by atoms with Gasteiger partial charge in [0, 0.05) is 6.54 Å². The zero-order valence-electron chi connectivity index (χ0n) is 16.3. The predicted molar refractivity (Wildman–Crippen MR) is 109 cm³/mol. The summed E-state index contributed by atoms with van der Waals surface area (Å²) < 4.78 is 42.6. The Balaban J connectivity index is 1.52. The van der Waals surface area contributed by atoms with Gasteiger partial charge in [-0.25, -0.2) is 0 Å². The molecule has 0 heterocycles. The summed E-state index contributed by atoms with van der Waals surface area (Å²) in [5.74, 6) is 0.552. The molecule has 0 unspecified atom stereocenters. The Morgan fingerprint density at radius 1 is 1.07 bits per heavy atom. The summed E-state index contributed by atoms with van der Waals surface area (Å²) in [5, 5.41) is 3.34. The quantitative estimate of drug-likeness (QED) is 0.325. The average molecular weight is 432 g/mol. The molecule has 1 aromatic rings. The summed E-state index contributed by atoms with van der Waals surface area (Å²) >= 11 is 5.09. The van der Waals surface area contributed by atoms with Gasteiger partial charge in [0.15, 0.2) is 11.7 Å². The van der Waals surface area contributed by atoms with Gasteiger partial charge in [-0.3, -0.25) is 15.6 Å². The van der Waals surface area contributed by atoms with Crippen molar-refractivity contribution in [3.8, 4) is 5.75 Å². The lowest BCUT2D eigenvalue weighted by atomic mass is 9.86. The third-order valence-corrected chi connectivity index (χ3v) is 5.16. The number of unbranched alkanes of at least 4 members (excludes halogenated alkanes) is 1. The molecule has 1 saturated carbocycles. The first kappa shape index (κ1) is 23.3. The molecule has 0 saturated heterocycles. The minimum atomic E-state index is -4.40. The van der Waals surface area contributed by atoms with Gasteiger partial charge in [0.1, 0.15) is 5.75 Å². The lowest BCUT2D eigenvalue weighted by Crippen LogP contribution is -2.48. The van der Waals surface area contributed by atoms with Gasteiger partial charge in [-0.15, -0.1) is 0 Å². The van der Waals surface area contributed by atoms with E-state index in [0.717, 1.165) is 37.4 Å².